The van der Waals surface area contributed by atoms with E-state index in [-0.39, 0.29) is 34.8 Å². The summed E-state index contributed by atoms with van der Waals surface area (Å²) in [4.78, 5) is 19.0. The number of anilines is 1. The van der Waals surface area contributed by atoms with Crippen LogP contribution >= 0.6 is 23.2 Å². The molecule has 0 aromatic heterocycles. The number of hydrogen-bond acceptors (Lipinski definition) is 5. The van der Waals surface area contributed by atoms with Crippen molar-refractivity contribution in [2.45, 2.75) is 6.18 Å². The van der Waals surface area contributed by atoms with Crippen LogP contribution in [-0.4, -0.2) is 36.3 Å². The van der Waals surface area contributed by atoms with Crippen molar-refractivity contribution in [3.05, 3.63) is 28.2 Å². The van der Waals surface area contributed by atoms with Gasteiger partial charge in [0.2, 0.25) is 5.96 Å². The van der Waals surface area contributed by atoms with Gasteiger partial charge in [0.1, 0.15) is 0 Å². The van der Waals surface area contributed by atoms with E-state index in [1.165, 1.54) is 12.1 Å². The summed E-state index contributed by atoms with van der Waals surface area (Å²) in [5.74, 6) is -2.41. The van der Waals surface area contributed by atoms with Gasteiger partial charge in [-0.2, -0.15) is 18.2 Å². The molecule has 0 aliphatic carbocycles. The Kier molecular flexibility index (Phi) is 4.48. The molecule has 1 aliphatic rings. The Bertz CT molecular complexity index is 572. The lowest BCUT2D eigenvalue weighted by Gasteiger charge is -2.20. The minimum atomic E-state index is -5.09. The monoisotopic (exact) mass is 341 g/mol. The first-order valence-electron chi connectivity index (χ1n) is 5.61. The average Bonchev–Trinajstić information content (AvgIpc) is 2.80. The second-order valence-electron chi connectivity index (χ2n) is 3.91. The number of carbonyl (C=O) groups is 1. The minimum Gasteiger partial charge on any atom is -0.329 e. The lowest BCUT2D eigenvalue weighted by atomic mass is 10.3. The third-order valence-corrected chi connectivity index (χ3v) is 3.05. The second kappa shape index (κ2) is 5.98. The molecule has 5 nitrogen and oxygen atoms in total. The van der Waals surface area contributed by atoms with E-state index in [1.807, 2.05) is 0 Å². The Morgan fingerprint density at radius 3 is 2.52 bits per heavy atom. The van der Waals surface area contributed by atoms with Gasteiger partial charge in [0.25, 0.3) is 0 Å². The van der Waals surface area contributed by atoms with E-state index in [2.05, 4.69) is 15.1 Å². The normalized spacial score (nSPS) is 14.9. The lowest BCUT2D eigenvalue weighted by Crippen LogP contribution is -2.39. The van der Waals surface area contributed by atoms with Crippen LogP contribution < -0.4 is 5.32 Å². The van der Waals surface area contributed by atoms with Gasteiger partial charge >= 0.3 is 12.1 Å². The number of nitrogens with one attached hydrogen (secondary N) is 1. The first-order chi connectivity index (χ1) is 9.79. The topological polar surface area (TPSA) is 53.9 Å². The number of nitrogens with zero attached hydrogens (tertiary/aromatic N) is 2. The van der Waals surface area contributed by atoms with Crippen LogP contribution in [0.15, 0.2) is 23.2 Å². The molecule has 0 radical (unpaired) electrons. The van der Waals surface area contributed by atoms with Crippen molar-refractivity contribution in [1.82, 2.24) is 5.06 Å². The number of aliphatic imine (C=N–C) groups is 1. The summed E-state index contributed by atoms with van der Waals surface area (Å²) in [7, 11) is 0. The summed E-state index contributed by atoms with van der Waals surface area (Å²) in [6, 6.07) is 4.68. The number of benzene rings is 1. The summed E-state index contributed by atoms with van der Waals surface area (Å²) in [5, 5.41) is 3.85. The molecular formula is C11H8Cl2F3N3O2. The minimum absolute atomic E-state index is 0.00771. The molecule has 1 heterocycles. The predicted molar refractivity (Wildman–Crippen MR) is 71.2 cm³/mol. The van der Waals surface area contributed by atoms with E-state index in [1.54, 1.807) is 6.07 Å². The van der Waals surface area contributed by atoms with E-state index in [0.29, 0.717) is 5.06 Å². The molecule has 0 fully saturated rings. The Balaban J connectivity index is 2.11. The predicted octanol–water partition coefficient (Wildman–Crippen LogP) is 3.10. The number of rotatable bonds is 2. The van der Waals surface area contributed by atoms with Crippen LogP contribution in [-0.2, 0) is 9.63 Å². The molecule has 2 rings (SSSR count). The van der Waals surface area contributed by atoms with Crippen molar-refractivity contribution in [1.29, 1.82) is 0 Å². The molecule has 1 aromatic rings. The number of guanidine groups is 1. The SMILES string of the molecule is O=C(ON1CCN=C1Nc1c(Cl)cccc1Cl)C(F)(F)F. The summed E-state index contributed by atoms with van der Waals surface area (Å²) in [5.41, 5.74) is 0.259. The van der Waals surface area contributed by atoms with Gasteiger partial charge in [-0.3, -0.25) is 0 Å². The zero-order valence-corrected chi connectivity index (χ0v) is 11.8. The van der Waals surface area contributed by atoms with Crippen LogP contribution in [0.1, 0.15) is 0 Å². The van der Waals surface area contributed by atoms with Gasteiger partial charge in [0.05, 0.1) is 28.8 Å². The highest BCUT2D eigenvalue weighted by molar-refractivity contribution is 6.39. The molecule has 114 valence electrons. The lowest BCUT2D eigenvalue weighted by molar-refractivity contribution is -0.224. The first-order valence-corrected chi connectivity index (χ1v) is 6.37. The quantitative estimate of drug-likeness (QED) is 0.898. The molecule has 0 saturated heterocycles. The number of halogens is 5. The molecular weight excluding hydrogens is 334 g/mol. The molecule has 1 aromatic carbocycles. The Morgan fingerprint density at radius 2 is 1.95 bits per heavy atom. The van der Waals surface area contributed by atoms with Crippen LogP contribution in [0.4, 0.5) is 18.9 Å². The van der Waals surface area contributed by atoms with Crippen molar-refractivity contribution in [3.63, 3.8) is 0 Å². The molecule has 0 atom stereocenters. The van der Waals surface area contributed by atoms with Crippen LogP contribution in [0.5, 0.6) is 0 Å². The Hall–Kier alpha value is -1.67. The number of hydroxylamine groups is 2. The molecule has 21 heavy (non-hydrogen) atoms. The van der Waals surface area contributed by atoms with Crippen LogP contribution in [0.25, 0.3) is 0 Å². The number of hydrogen-bond donors (Lipinski definition) is 1. The van der Waals surface area contributed by atoms with Gasteiger partial charge in [0.15, 0.2) is 0 Å². The second-order valence-corrected chi connectivity index (χ2v) is 4.72. The fraction of sp³-hybridized carbons (Fsp3) is 0.273. The maximum Gasteiger partial charge on any atom is 0.493 e. The van der Waals surface area contributed by atoms with Gasteiger partial charge in [0, 0.05) is 0 Å². The van der Waals surface area contributed by atoms with Gasteiger partial charge in [-0.1, -0.05) is 29.3 Å². The molecule has 0 spiro atoms. The van der Waals surface area contributed by atoms with Gasteiger partial charge in [-0.15, -0.1) is 0 Å². The Morgan fingerprint density at radius 1 is 1.33 bits per heavy atom. The standard InChI is InChI=1S/C11H8Cl2F3N3O2/c12-6-2-1-3-7(13)8(6)18-10-17-4-5-19(10)21-9(20)11(14,15)16/h1-3H,4-5H2,(H,17,18). The van der Waals surface area contributed by atoms with E-state index >= 15 is 0 Å². The van der Waals surface area contributed by atoms with E-state index < -0.39 is 12.1 Å². The van der Waals surface area contributed by atoms with E-state index in [4.69, 9.17) is 23.2 Å². The fourth-order valence-electron chi connectivity index (χ4n) is 1.50. The van der Waals surface area contributed by atoms with Crippen molar-refractivity contribution in [3.8, 4) is 0 Å². The third-order valence-electron chi connectivity index (χ3n) is 2.43. The zero-order valence-electron chi connectivity index (χ0n) is 10.2. The molecule has 0 amide bonds. The summed E-state index contributed by atoms with van der Waals surface area (Å²) >= 11 is 11.9. The van der Waals surface area contributed by atoms with E-state index in [0.717, 1.165) is 0 Å². The van der Waals surface area contributed by atoms with Crippen molar-refractivity contribution in [2.24, 2.45) is 4.99 Å². The first kappa shape index (κ1) is 15.7. The summed E-state index contributed by atoms with van der Waals surface area (Å²) in [6.07, 6.45) is -5.09. The highest BCUT2D eigenvalue weighted by Crippen LogP contribution is 2.30. The maximum atomic E-state index is 12.2. The molecule has 1 aliphatic heterocycles. The number of alkyl halides is 3. The van der Waals surface area contributed by atoms with Gasteiger partial charge in [-0.25, -0.2) is 9.79 Å². The van der Waals surface area contributed by atoms with E-state index in [9.17, 15) is 18.0 Å². The molecule has 10 heteroatoms. The fourth-order valence-corrected chi connectivity index (χ4v) is 2.00. The van der Waals surface area contributed by atoms with Crippen LogP contribution in [0.3, 0.4) is 0 Å². The zero-order chi connectivity index (χ0) is 15.6. The molecule has 0 bridgehead atoms. The van der Waals surface area contributed by atoms with Crippen molar-refractivity contribution < 1.29 is 22.8 Å². The number of para-hydroxylation sites is 1. The summed E-state index contributed by atoms with van der Waals surface area (Å²) in [6.45, 7) is 0.155. The average molecular weight is 342 g/mol. The maximum absolute atomic E-state index is 12.2. The van der Waals surface area contributed by atoms with Gasteiger partial charge < -0.3 is 10.2 Å². The largest absolute Gasteiger partial charge is 0.493 e. The van der Waals surface area contributed by atoms with Crippen molar-refractivity contribution >= 4 is 40.8 Å². The molecule has 0 saturated carbocycles. The Labute approximate surface area is 127 Å². The highest BCUT2D eigenvalue weighted by Gasteiger charge is 2.43. The van der Waals surface area contributed by atoms with Crippen LogP contribution in [0.2, 0.25) is 10.0 Å². The molecule has 1 N–H and O–H groups in total. The smallest absolute Gasteiger partial charge is 0.329 e. The van der Waals surface area contributed by atoms with Gasteiger partial charge in [-0.05, 0) is 12.1 Å². The van der Waals surface area contributed by atoms with Crippen LogP contribution in [0, 0.1) is 0 Å². The third kappa shape index (κ3) is 3.70. The highest BCUT2D eigenvalue weighted by atomic mass is 35.5. The number of carbonyl (C=O) groups excluding carboxylic acids is 1. The molecule has 0 unspecified atom stereocenters. The summed E-state index contributed by atoms with van der Waals surface area (Å²) < 4.78 is 36.5. The van der Waals surface area contributed by atoms with Crippen molar-refractivity contribution in [2.75, 3.05) is 18.4 Å².